The van der Waals surface area contributed by atoms with E-state index >= 15 is 0 Å². The van der Waals surface area contributed by atoms with Gasteiger partial charge in [-0.1, -0.05) is 109 Å². The van der Waals surface area contributed by atoms with Crippen LogP contribution in [0.3, 0.4) is 0 Å². The van der Waals surface area contributed by atoms with Gasteiger partial charge in [-0.15, -0.1) is 0 Å². The average Bonchev–Trinajstić information content (AvgIpc) is 3.17. The number of carbonyl (C=O) groups is 1. The van der Waals surface area contributed by atoms with Crippen LogP contribution in [0.1, 0.15) is 76.4 Å². The molecule has 55 heavy (non-hydrogen) atoms. The Morgan fingerprint density at radius 3 is 1.96 bits per heavy atom. The fourth-order valence-corrected chi connectivity index (χ4v) is 7.99. The molecule has 0 amide bonds. The lowest BCUT2D eigenvalue weighted by Crippen LogP contribution is -2.24. The van der Waals surface area contributed by atoms with E-state index in [2.05, 4.69) is 52.1 Å². The third-order valence-electron chi connectivity index (χ3n) is 10.1. The molecule has 8 rings (SSSR count). The number of carbonyl (C=O) groups excluding carboxylic acids is 1. The number of anilines is 2. The summed E-state index contributed by atoms with van der Waals surface area (Å²) >= 11 is 0. The highest BCUT2D eigenvalue weighted by atomic mass is 16.5. The van der Waals surface area contributed by atoms with Gasteiger partial charge in [0.1, 0.15) is 22.8 Å². The summed E-state index contributed by atoms with van der Waals surface area (Å²) < 4.78 is 12.2. The van der Waals surface area contributed by atoms with Gasteiger partial charge < -0.3 is 19.9 Å². The topological polar surface area (TPSA) is 80.7 Å². The van der Waals surface area contributed by atoms with Crippen LogP contribution in [0.5, 0.6) is 23.0 Å². The van der Waals surface area contributed by atoms with Crippen LogP contribution in [0.25, 0.3) is 44.1 Å². The molecule has 0 radical (unpaired) electrons. The number of benzene rings is 6. The van der Waals surface area contributed by atoms with E-state index in [0.717, 1.165) is 39.8 Å². The molecular formula is C49H48N2O4. The molecule has 7 aromatic rings. The third kappa shape index (κ3) is 7.25. The molecule has 0 saturated carbocycles. The van der Waals surface area contributed by atoms with E-state index in [9.17, 15) is 9.90 Å². The van der Waals surface area contributed by atoms with Gasteiger partial charge in [-0.05, 0) is 99.3 Å². The molecule has 6 aromatic carbocycles. The Morgan fingerprint density at radius 1 is 0.691 bits per heavy atom. The minimum Gasteiger partial charge on any atom is -0.507 e. The first kappa shape index (κ1) is 37.2. The lowest BCUT2D eigenvalue weighted by atomic mass is 9.72. The van der Waals surface area contributed by atoms with Gasteiger partial charge in [-0.25, -0.2) is 4.98 Å². The summed E-state index contributed by atoms with van der Waals surface area (Å²) in [5.74, 6) is 1.88. The largest absolute Gasteiger partial charge is 0.507 e. The van der Waals surface area contributed by atoms with Crippen molar-refractivity contribution in [3.63, 3.8) is 0 Å². The Bertz CT molecular complexity index is 2550. The van der Waals surface area contributed by atoms with E-state index in [0.29, 0.717) is 50.5 Å². The molecule has 6 nitrogen and oxygen atoms in total. The molecule has 0 fully saturated rings. The molecule has 1 aliphatic carbocycles. The molecule has 0 unspecified atom stereocenters. The SMILES string of the molecule is CC.COc1ccc(Nc2cc(Oc3ccc(C(C)(C)CC(C)(C)C)cc3)c3nc(-c4cc5ccccc5cc4O)cc4c3c2C(=O)c2ccccc2-4)cc1. The second-order valence-corrected chi connectivity index (χ2v) is 15.8. The highest BCUT2D eigenvalue weighted by Gasteiger charge is 2.32. The summed E-state index contributed by atoms with van der Waals surface area (Å²) in [6.07, 6.45) is 1.03. The first-order chi connectivity index (χ1) is 26.4. The van der Waals surface area contributed by atoms with Crippen LogP contribution in [0, 0.1) is 5.41 Å². The molecule has 0 spiro atoms. The van der Waals surface area contributed by atoms with Crippen molar-refractivity contribution in [2.75, 3.05) is 12.4 Å². The molecule has 2 N–H and O–H groups in total. The summed E-state index contributed by atoms with van der Waals surface area (Å²) in [6, 6.07) is 39.0. The van der Waals surface area contributed by atoms with Crippen molar-refractivity contribution in [1.29, 1.82) is 0 Å². The maximum atomic E-state index is 14.5. The van der Waals surface area contributed by atoms with Gasteiger partial charge in [-0.2, -0.15) is 0 Å². The number of hydrogen-bond donors (Lipinski definition) is 2. The van der Waals surface area contributed by atoms with Gasteiger partial charge in [0.05, 0.1) is 24.1 Å². The number of ketones is 1. The molecule has 6 heteroatoms. The van der Waals surface area contributed by atoms with Gasteiger partial charge in [0, 0.05) is 28.3 Å². The number of fused-ring (bicyclic) bond motifs is 3. The van der Waals surface area contributed by atoms with Gasteiger partial charge >= 0.3 is 0 Å². The lowest BCUT2D eigenvalue weighted by Gasteiger charge is -2.33. The standard InChI is InChI=1S/C47H42N2O4.C2H6/c1-46(2,3)27-47(4,5)30-15-19-33(20-16-30)53-41-26-39(48-31-17-21-32(52-6)22-18-31)43-42-36(34-13-9-10-14-35(34)45(43)51)25-38(49-44(41)42)37-23-28-11-7-8-12-29(28)24-40(37)50;1-2/h7-26,48,50H,27H2,1-6H3;1-2H3. The van der Waals surface area contributed by atoms with Crippen LogP contribution < -0.4 is 14.8 Å². The van der Waals surface area contributed by atoms with Crippen molar-refractivity contribution in [3.05, 3.63) is 138 Å². The first-order valence-electron chi connectivity index (χ1n) is 19.0. The number of aromatic nitrogens is 1. The van der Waals surface area contributed by atoms with Gasteiger partial charge in [0.25, 0.3) is 0 Å². The van der Waals surface area contributed by atoms with Crippen molar-refractivity contribution >= 4 is 38.8 Å². The van der Waals surface area contributed by atoms with Crippen LogP contribution >= 0.6 is 0 Å². The maximum Gasteiger partial charge on any atom is 0.196 e. The number of pyridine rings is 1. The summed E-state index contributed by atoms with van der Waals surface area (Å²) in [5.41, 5.74) is 7.21. The lowest BCUT2D eigenvalue weighted by molar-refractivity contribution is 0.104. The Morgan fingerprint density at radius 2 is 1.31 bits per heavy atom. The van der Waals surface area contributed by atoms with Crippen molar-refractivity contribution in [1.82, 2.24) is 4.98 Å². The molecule has 278 valence electrons. The molecular weight excluding hydrogens is 681 g/mol. The van der Waals surface area contributed by atoms with E-state index in [1.165, 1.54) is 5.56 Å². The highest BCUT2D eigenvalue weighted by Crippen LogP contribution is 2.49. The van der Waals surface area contributed by atoms with Crippen LogP contribution in [0.15, 0.2) is 121 Å². The van der Waals surface area contributed by atoms with Crippen molar-refractivity contribution in [2.24, 2.45) is 5.41 Å². The molecule has 1 aliphatic rings. The number of methoxy groups -OCH3 is 1. The Labute approximate surface area is 323 Å². The average molecular weight is 729 g/mol. The van der Waals surface area contributed by atoms with Crippen molar-refractivity contribution in [2.45, 2.75) is 60.3 Å². The van der Waals surface area contributed by atoms with Crippen LogP contribution in [0.2, 0.25) is 0 Å². The summed E-state index contributed by atoms with van der Waals surface area (Å²) in [5, 5.41) is 17.5. The molecule has 0 saturated heterocycles. The fraction of sp³-hybridized carbons (Fsp3) is 0.224. The summed E-state index contributed by atoms with van der Waals surface area (Å²) in [6.45, 7) is 15.4. The minimum atomic E-state index is -0.103. The Hall–Kier alpha value is -6.14. The Balaban J connectivity index is 0.00000229. The zero-order chi connectivity index (χ0) is 39.1. The van der Waals surface area contributed by atoms with Gasteiger partial charge in [-0.3, -0.25) is 4.79 Å². The second kappa shape index (κ2) is 14.6. The van der Waals surface area contributed by atoms with Crippen molar-refractivity contribution in [3.8, 4) is 45.4 Å². The van der Waals surface area contributed by atoms with Crippen molar-refractivity contribution < 1.29 is 19.4 Å². The number of hydrogen-bond acceptors (Lipinski definition) is 6. The number of ether oxygens (including phenoxy) is 2. The number of nitrogens with one attached hydrogen (secondary N) is 1. The highest BCUT2D eigenvalue weighted by molar-refractivity contribution is 6.29. The van der Waals surface area contributed by atoms with E-state index in [4.69, 9.17) is 14.5 Å². The van der Waals surface area contributed by atoms with E-state index in [1.54, 1.807) is 13.2 Å². The molecule has 1 aromatic heterocycles. The van der Waals surface area contributed by atoms with Gasteiger partial charge in [0.2, 0.25) is 0 Å². The third-order valence-corrected chi connectivity index (χ3v) is 10.1. The Kier molecular flexibility index (Phi) is 9.87. The zero-order valence-electron chi connectivity index (χ0n) is 32.9. The number of rotatable bonds is 8. The molecule has 0 bridgehead atoms. The van der Waals surface area contributed by atoms with Crippen LogP contribution in [0.4, 0.5) is 11.4 Å². The zero-order valence-corrected chi connectivity index (χ0v) is 32.9. The normalized spacial score (nSPS) is 12.2. The number of phenolic OH excluding ortho intramolecular Hbond substituents is 1. The quantitative estimate of drug-likeness (QED) is 0.162. The van der Waals surface area contributed by atoms with E-state index in [-0.39, 0.29) is 22.4 Å². The summed E-state index contributed by atoms with van der Waals surface area (Å²) in [4.78, 5) is 19.7. The molecule has 0 aliphatic heterocycles. The molecule has 0 atom stereocenters. The predicted molar refractivity (Wildman–Crippen MR) is 226 cm³/mol. The minimum absolute atomic E-state index is 0.0292. The van der Waals surface area contributed by atoms with E-state index in [1.807, 2.05) is 117 Å². The number of phenols is 1. The maximum absolute atomic E-state index is 14.5. The number of aromatic hydroxyl groups is 1. The molecule has 1 heterocycles. The van der Waals surface area contributed by atoms with Crippen LogP contribution in [-0.2, 0) is 5.41 Å². The predicted octanol–water partition coefficient (Wildman–Crippen LogP) is 13.3. The summed E-state index contributed by atoms with van der Waals surface area (Å²) in [7, 11) is 1.63. The fourth-order valence-electron chi connectivity index (χ4n) is 7.99. The second-order valence-electron chi connectivity index (χ2n) is 15.8. The smallest absolute Gasteiger partial charge is 0.196 e. The monoisotopic (exact) mass is 728 g/mol. The first-order valence-corrected chi connectivity index (χ1v) is 19.0. The van der Waals surface area contributed by atoms with E-state index < -0.39 is 0 Å². The van der Waals surface area contributed by atoms with Gasteiger partial charge in [0.15, 0.2) is 11.5 Å². The van der Waals surface area contributed by atoms with Crippen LogP contribution in [-0.4, -0.2) is 23.0 Å². The number of nitrogens with zero attached hydrogens (tertiary/aromatic N) is 1.